The molecule has 3 unspecified atom stereocenters. The van der Waals surface area contributed by atoms with Gasteiger partial charge in [-0.2, -0.15) is 0 Å². The lowest BCUT2D eigenvalue weighted by Crippen LogP contribution is -2.31. The molecule has 0 amide bonds. The van der Waals surface area contributed by atoms with Crippen molar-refractivity contribution in [2.45, 2.75) is 50.7 Å². The van der Waals surface area contributed by atoms with E-state index in [2.05, 4.69) is 5.16 Å². The predicted molar refractivity (Wildman–Crippen MR) is 61.9 cm³/mol. The molecule has 1 aliphatic carbocycles. The van der Waals surface area contributed by atoms with Gasteiger partial charge in [-0.15, -0.1) is 0 Å². The van der Waals surface area contributed by atoms with Crippen molar-refractivity contribution in [1.82, 2.24) is 0 Å². The van der Waals surface area contributed by atoms with Crippen molar-refractivity contribution in [2.24, 2.45) is 11.1 Å². The number of aliphatic carboxylic acids is 1. The second-order valence-electron chi connectivity index (χ2n) is 4.91. The summed E-state index contributed by atoms with van der Waals surface area (Å²) < 4.78 is 0. The normalized spacial score (nSPS) is 31.6. The highest BCUT2D eigenvalue weighted by atomic mass is 16.6. The molecule has 7 heteroatoms. The number of nitrogens with zero attached hydrogens (tertiary/aromatic N) is 2. The van der Waals surface area contributed by atoms with E-state index in [0.29, 0.717) is 19.3 Å². The summed E-state index contributed by atoms with van der Waals surface area (Å²) in [6.45, 7) is 0. The van der Waals surface area contributed by atoms with E-state index in [0.717, 1.165) is 18.6 Å². The fraction of sp³-hybridized carbons (Fsp3) is 0.818. The van der Waals surface area contributed by atoms with Crippen molar-refractivity contribution in [3.05, 3.63) is 10.1 Å². The number of oxime groups is 1. The average Bonchev–Trinajstić information content (AvgIpc) is 2.77. The van der Waals surface area contributed by atoms with Crippen LogP contribution >= 0.6 is 0 Å². The molecule has 0 aromatic rings. The van der Waals surface area contributed by atoms with Gasteiger partial charge in [-0.1, -0.05) is 5.16 Å². The van der Waals surface area contributed by atoms with E-state index in [-0.39, 0.29) is 17.3 Å². The van der Waals surface area contributed by atoms with Crippen LogP contribution in [0.2, 0.25) is 0 Å². The first-order valence-electron chi connectivity index (χ1n) is 6.14. The summed E-state index contributed by atoms with van der Waals surface area (Å²) >= 11 is 0. The van der Waals surface area contributed by atoms with Gasteiger partial charge in [0.2, 0.25) is 6.04 Å². The fourth-order valence-electron chi connectivity index (χ4n) is 2.65. The van der Waals surface area contributed by atoms with Gasteiger partial charge in [0.05, 0.1) is 12.1 Å². The van der Waals surface area contributed by atoms with Gasteiger partial charge in [0.25, 0.3) is 0 Å². The van der Waals surface area contributed by atoms with Crippen LogP contribution in [0.25, 0.3) is 0 Å². The topological polar surface area (TPSA) is 102 Å². The third kappa shape index (κ3) is 2.96. The van der Waals surface area contributed by atoms with Gasteiger partial charge in [0.1, 0.15) is 6.10 Å². The van der Waals surface area contributed by atoms with Crippen molar-refractivity contribution in [3.63, 3.8) is 0 Å². The molecule has 0 aromatic carbocycles. The molecule has 2 rings (SSSR count). The Morgan fingerprint density at radius 3 is 3.00 bits per heavy atom. The quantitative estimate of drug-likeness (QED) is 0.605. The number of carboxylic acid groups (broad SMARTS) is 1. The van der Waals surface area contributed by atoms with Crippen LogP contribution in [0.3, 0.4) is 0 Å². The summed E-state index contributed by atoms with van der Waals surface area (Å²) in [6, 6.07) is -0.495. The summed E-state index contributed by atoms with van der Waals surface area (Å²) in [7, 11) is 0. The van der Waals surface area contributed by atoms with Crippen molar-refractivity contribution < 1.29 is 19.7 Å². The Morgan fingerprint density at radius 2 is 2.33 bits per heavy atom. The van der Waals surface area contributed by atoms with Crippen LogP contribution in [0, 0.1) is 16.0 Å². The molecule has 0 bridgehead atoms. The zero-order valence-corrected chi connectivity index (χ0v) is 9.95. The van der Waals surface area contributed by atoms with E-state index in [9.17, 15) is 14.9 Å². The molecule has 0 radical (unpaired) electrons. The lowest BCUT2D eigenvalue weighted by molar-refractivity contribution is -0.527. The molecular weight excluding hydrogens is 240 g/mol. The lowest BCUT2D eigenvalue weighted by atomic mass is 9.81. The highest BCUT2D eigenvalue weighted by Gasteiger charge is 2.35. The zero-order valence-electron chi connectivity index (χ0n) is 9.95. The lowest BCUT2D eigenvalue weighted by Gasteiger charge is -2.23. The fourth-order valence-corrected chi connectivity index (χ4v) is 2.65. The first kappa shape index (κ1) is 12.8. The van der Waals surface area contributed by atoms with Gasteiger partial charge >= 0.3 is 5.97 Å². The van der Waals surface area contributed by atoms with Gasteiger partial charge in [-0.3, -0.25) is 14.9 Å². The first-order valence-corrected chi connectivity index (χ1v) is 6.14. The molecule has 2 aliphatic rings. The number of hydrogen-bond acceptors (Lipinski definition) is 5. The SMILES string of the molecule is O=C(O)CC1CC(C2CCCC([N+](=O)[O-])C2)=NO1. The number of nitro groups is 1. The second kappa shape index (κ2) is 5.32. The van der Waals surface area contributed by atoms with Crippen LogP contribution in [0.5, 0.6) is 0 Å². The number of rotatable bonds is 4. The number of hydrogen-bond donors (Lipinski definition) is 1. The third-order valence-corrected chi connectivity index (χ3v) is 3.57. The van der Waals surface area contributed by atoms with E-state index in [1.165, 1.54) is 0 Å². The summed E-state index contributed by atoms with van der Waals surface area (Å²) in [5, 5.41) is 23.4. The Hall–Kier alpha value is -1.66. The van der Waals surface area contributed by atoms with Gasteiger partial charge < -0.3 is 9.94 Å². The molecule has 7 nitrogen and oxygen atoms in total. The molecule has 0 aromatic heterocycles. The van der Waals surface area contributed by atoms with Crippen molar-refractivity contribution >= 4 is 11.7 Å². The van der Waals surface area contributed by atoms with Crippen molar-refractivity contribution in [2.75, 3.05) is 0 Å². The van der Waals surface area contributed by atoms with E-state index in [1.807, 2.05) is 0 Å². The molecule has 100 valence electrons. The van der Waals surface area contributed by atoms with E-state index < -0.39 is 18.1 Å². The average molecular weight is 256 g/mol. The Bertz CT molecular complexity index is 382. The Morgan fingerprint density at radius 1 is 1.56 bits per heavy atom. The molecule has 1 heterocycles. The Balaban J connectivity index is 1.89. The van der Waals surface area contributed by atoms with Crippen LogP contribution in [0.4, 0.5) is 0 Å². The monoisotopic (exact) mass is 256 g/mol. The molecule has 0 spiro atoms. The van der Waals surface area contributed by atoms with Gasteiger partial charge in [-0.25, -0.2) is 0 Å². The maximum Gasteiger partial charge on any atom is 0.307 e. The standard InChI is InChI=1S/C11H16N2O5/c14-11(15)6-9-5-10(12-18-9)7-2-1-3-8(4-7)13(16)17/h7-9H,1-6H2,(H,14,15). The Kier molecular flexibility index (Phi) is 3.78. The van der Waals surface area contributed by atoms with Crippen LogP contribution in [-0.4, -0.2) is 33.9 Å². The first-order chi connectivity index (χ1) is 8.56. The smallest absolute Gasteiger partial charge is 0.307 e. The minimum absolute atomic E-state index is 0.0710. The van der Waals surface area contributed by atoms with E-state index in [4.69, 9.17) is 9.94 Å². The van der Waals surface area contributed by atoms with Crippen molar-refractivity contribution in [3.8, 4) is 0 Å². The van der Waals surface area contributed by atoms with Gasteiger partial charge in [0, 0.05) is 30.1 Å². The number of carbonyl (C=O) groups is 1. The number of carboxylic acids is 1. The summed E-state index contributed by atoms with van der Waals surface area (Å²) in [6.07, 6.45) is 2.82. The second-order valence-corrected chi connectivity index (χ2v) is 4.91. The van der Waals surface area contributed by atoms with Crippen LogP contribution in [0.15, 0.2) is 5.16 Å². The maximum atomic E-state index is 10.8. The molecule has 1 saturated carbocycles. The van der Waals surface area contributed by atoms with E-state index in [1.54, 1.807) is 0 Å². The highest BCUT2D eigenvalue weighted by Crippen LogP contribution is 2.31. The molecular formula is C11H16N2O5. The molecule has 1 N–H and O–H groups in total. The molecule has 1 fully saturated rings. The molecule has 0 saturated heterocycles. The predicted octanol–water partition coefficient (Wildman–Crippen LogP) is 1.44. The molecule has 18 heavy (non-hydrogen) atoms. The highest BCUT2D eigenvalue weighted by molar-refractivity contribution is 5.88. The summed E-state index contributed by atoms with van der Waals surface area (Å²) in [5.41, 5.74) is 0.799. The molecule has 3 atom stereocenters. The van der Waals surface area contributed by atoms with Crippen molar-refractivity contribution in [1.29, 1.82) is 0 Å². The van der Waals surface area contributed by atoms with Crippen LogP contribution in [0.1, 0.15) is 38.5 Å². The largest absolute Gasteiger partial charge is 0.481 e. The van der Waals surface area contributed by atoms with Crippen LogP contribution in [-0.2, 0) is 9.63 Å². The third-order valence-electron chi connectivity index (χ3n) is 3.57. The zero-order chi connectivity index (χ0) is 13.1. The Labute approximate surface area is 104 Å². The summed E-state index contributed by atoms with van der Waals surface area (Å²) in [5.74, 6) is -0.837. The van der Waals surface area contributed by atoms with Gasteiger partial charge in [-0.05, 0) is 12.8 Å². The van der Waals surface area contributed by atoms with Crippen LogP contribution < -0.4 is 0 Å². The minimum Gasteiger partial charge on any atom is -0.481 e. The van der Waals surface area contributed by atoms with Gasteiger partial charge in [0.15, 0.2) is 0 Å². The van der Waals surface area contributed by atoms with E-state index >= 15 is 0 Å². The maximum absolute atomic E-state index is 10.8. The minimum atomic E-state index is -0.914. The molecule has 1 aliphatic heterocycles. The summed E-state index contributed by atoms with van der Waals surface area (Å²) in [4.78, 5) is 26.2.